The van der Waals surface area contributed by atoms with Crippen molar-refractivity contribution in [1.29, 1.82) is 0 Å². The molecule has 0 unspecified atom stereocenters. The smallest absolute Gasteiger partial charge is 0.271 e. The quantitative estimate of drug-likeness (QED) is 0.369. The molecule has 5 heteroatoms. The van der Waals surface area contributed by atoms with Gasteiger partial charge in [-0.25, -0.2) is 14.6 Å². The molecule has 0 bridgehead atoms. The van der Waals surface area contributed by atoms with Crippen LogP contribution in [0.3, 0.4) is 0 Å². The standard InChI is InChI=1S/C7H6F2N2O/c8-4-2-1-3-5(9)6(4)7(12)11-10/h1-3H,10H2,(H,11,12). The Morgan fingerprint density at radius 3 is 2.25 bits per heavy atom. The highest BCUT2D eigenvalue weighted by Crippen LogP contribution is 2.10. The highest BCUT2D eigenvalue weighted by Gasteiger charge is 2.14. The monoisotopic (exact) mass is 172 g/mol. The second-order valence-electron chi connectivity index (χ2n) is 2.07. The van der Waals surface area contributed by atoms with Gasteiger partial charge < -0.3 is 0 Å². The van der Waals surface area contributed by atoms with E-state index >= 15 is 0 Å². The van der Waals surface area contributed by atoms with Crippen LogP contribution < -0.4 is 11.3 Å². The largest absolute Gasteiger partial charge is 0.290 e. The summed E-state index contributed by atoms with van der Waals surface area (Å²) in [5, 5.41) is 0. The topological polar surface area (TPSA) is 55.1 Å². The first-order chi connectivity index (χ1) is 5.66. The molecule has 0 saturated carbocycles. The Balaban J connectivity index is 3.21. The first kappa shape index (κ1) is 8.61. The third-order valence-corrected chi connectivity index (χ3v) is 1.32. The predicted octanol–water partition coefficient (Wildman–Crippen LogP) is 0.568. The van der Waals surface area contributed by atoms with Crippen molar-refractivity contribution in [3.8, 4) is 0 Å². The van der Waals surface area contributed by atoms with Gasteiger partial charge in [-0.15, -0.1) is 0 Å². The van der Waals surface area contributed by atoms with Gasteiger partial charge in [0, 0.05) is 0 Å². The van der Waals surface area contributed by atoms with Gasteiger partial charge in [0.05, 0.1) is 0 Å². The second kappa shape index (κ2) is 3.27. The summed E-state index contributed by atoms with van der Waals surface area (Å²) in [4.78, 5) is 10.7. The fourth-order valence-corrected chi connectivity index (χ4v) is 0.787. The normalized spacial score (nSPS) is 9.58. The van der Waals surface area contributed by atoms with E-state index in [0.29, 0.717) is 0 Å². The molecule has 0 aliphatic rings. The van der Waals surface area contributed by atoms with Gasteiger partial charge in [-0.3, -0.25) is 10.2 Å². The molecule has 3 nitrogen and oxygen atoms in total. The summed E-state index contributed by atoms with van der Waals surface area (Å²) < 4.78 is 25.5. The van der Waals surface area contributed by atoms with Crippen molar-refractivity contribution >= 4 is 5.91 Å². The number of nitrogens with two attached hydrogens (primary N) is 1. The zero-order valence-corrected chi connectivity index (χ0v) is 5.97. The van der Waals surface area contributed by atoms with E-state index in [1.165, 1.54) is 0 Å². The number of nitrogen functional groups attached to an aromatic ring is 1. The minimum Gasteiger partial charge on any atom is -0.290 e. The van der Waals surface area contributed by atoms with Crippen LogP contribution in [0.25, 0.3) is 0 Å². The molecular weight excluding hydrogens is 166 g/mol. The van der Waals surface area contributed by atoms with E-state index < -0.39 is 23.1 Å². The lowest BCUT2D eigenvalue weighted by Gasteiger charge is -2.01. The highest BCUT2D eigenvalue weighted by molar-refractivity contribution is 5.94. The van der Waals surface area contributed by atoms with Gasteiger partial charge in [-0.2, -0.15) is 0 Å². The maximum absolute atomic E-state index is 12.7. The number of hydrogen-bond acceptors (Lipinski definition) is 2. The molecule has 0 radical (unpaired) electrons. The number of amides is 1. The summed E-state index contributed by atoms with van der Waals surface area (Å²) in [5.74, 6) is 1.86. The Labute approximate surface area is 67.1 Å². The molecule has 64 valence electrons. The number of benzene rings is 1. The summed E-state index contributed by atoms with van der Waals surface area (Å²) >= 11 is 0. The molecule has 0 saturated heterocycles. The predicted molar refractivity (Wildman–Crippen MR) is 38.0 cm³/mol. The Morgan fingerprint density at radius 1 is 1.33 bits per heavy atom. The molecule has 0 spiro atoms. The van der Waals surface area contributed by atoms with E-state index in [-0.39, 0.29) is 0 Å². The maximum atomic E-state index is 12.7. The van der Waals surface area contributed by atoms with E-state index in [4.69, 9.17) is 5.84 Å². The van der Waals surface area contributed by atoms with Crippen molar-refractivity contribution in [2.24, 2.45) is 5.84 Å². The van der Waals surface area contributed by atoms with Crippen molar-refractivity contribution in [1.82, 2.24) is 5.43 Å². The van der Waals surface area contributed by atoms with Crippen LogP contribution in [0, 0.1) is 11.6 Å². The number of carbonyl (C=O) groups excluding carboxylic acids is 1. The van der Waals surface area contributed by atoms with Crippen LogP contribution in [0.1, 0.15) is 10.4 Å². The van der Waals surface area contributed by atoms with E-state index in [9.17, 15) is 13.6 Å². The number of rotatable bonds is 1. The van der Waals surface area contributed by atoms with Crippen LogP contribution in [0.15, 0.2) is 18.2 Å². The molecule has 3 N–H and O–H groups in total. The van der Waals surface area contributed by atoms with Crippen molar-refractivity contribution in [3.05, 3.63) is 35.4 Å². The Bertz CT molecular complexity index is 294. The van der Waals surface area contributed by atoms with Crippen molar-refractivity contribution in [2.75, 3.05) is 0 Å². The van der Waals surface area contributed by atoms with Crippen LogP contribution in [-0.2, 0) is 0 Å². The first-order valence-corrected chi connectivity index (χ1v) is 3.11. The van der Waals surface area contributed by atoms with Crippen LogP contribution in [0.4, 0.5) is 8.78 Å². The lowest BCUT2D eigenvalue weighted by Crippen LogP contribution is -2.31. The maximum Gasteiger partial charge on any atom is 0.271 e. The molecule has 1 aromatic carbocycles. The SMILES string of the molecule is NNC(=O)c1c(F)cccc1F. The van der Waals surface area contributed by atoms with E-state index in [1.807, 2.05) is 0 Å². The van der Waals surface area contributed by atoms with Gasteiger partial charge in [0.1, 0.15) is 17.2 Å². The number of hydrazine groups is 1. The summed E-state index contributed by atoms with van der Waals surface area (Å²) in [6.07, 6.45) is 0. The Morgan fingerprint density at radius 2 is 1.83 bits per heavy atom. The van der Waals surface area contributed by atoms with Crippen LogP contribution in [0.2, 0.25) is 0 Å². The summed E-state index contributed by atoms with van der Waals surface area (Å²) in [5.41, 5.74) is 0.977. The van der Waals surface area contributed by atoms with Crippen LogP contribution in [-0.4, -0.2) is 5.91 Å². The number of carbonyl (C=O) groups is 1. The number of nitrogens with one attached hydrogen (secondary N) is 1. The molecule has 0 heterocycles. The molecule has 1 amide bonds. The molecule has 12 heavy (non-hydrogen) atoms. The number of halogens is 2. The molecular formula is C7H6F2N2O. The van der Waals surface area contributed by atoms with Crippen molar-refractivity contribution in [2.45, 2.75) is 0 Å². The molecule has 0 aromatic heterocycles. The van der Waals surface area contributed by atoms with Crippen molar-refractivity contribution < 1.29 is 13.6 Å². The summed E-state index contributed by atoms with van der Waals surface area (Å²) in [7, 11) is 0. The molecule has 1 rings (SSSR count). The van der Waals surface area contributed by atoms with E-state index in [1.54, 1.807) is 5.43 Å². The third kappa shape index (κ3) is 1.40. The van der Waals surface area contributed by atoms with E-state index in [0.717, 1.165) is 18.2 Å². The second-order valence-corrected chi connectivity index (χ2v) is 2.07. The third-order valence-electron chi connectivity index (χ3n) is 1.32. The van der Waals surface area contributed by atoms with Gasteiger partial charge >= 0.3 is 0 Å². The van der Waals surface area contributed by atoms with Crippen LogP contribution >= 0.6 is 0 Å². The minimum atomic E-state index is -0.981. The van der Waals surface area contributed by atoms with Gasteiger partial charge in [0.15, 0.2) is 0 Å². The first-order valence-electron chi connectivity index (χ1n) is 3.11. The molecule has 0 aliphatic heterocycles. The average molecular weight is 172 g/mol. The molecule has 0 aliphatic carbocycles. The zero-order chi connectivity index (χ0) is 9.14. The Hall–Kier alpha value is -1.49. The van der Waals surface area contributed by atoms with Gasteiger partial charge in [0.25, 0.3) is 5.91 Å². The summed E-state index contributed by atoms with van der Waals surface area (Å²) in [6, 6.07) is 3.12. The van der Waals surface area contributed by atoms with Crippen LogP contribution in [0.5, 0.6) is 0 Å². The molecule has 1 aromatic rings. The lowest BCUT2D eigenvalue weighted by molar-refractivity contribution is 0.0945. The van der Waals surface area contributed by atoms with Crippen molar-refractivity contribution in [3.63, 3.8) is 0 Å². The van der Waals surface area contributed by atoms with Gasteiger partial charge in [-0.1, -0.05) is 6.07 Å². The van der Waals surface area contributed by atoms with E-state index in [2.05, 4.69) is 0 Å². The fourth-order valence-electron chi connectivity index (χ4n) is 0.787. The summed E-state index contributed by atoms with van der Waals surface area (Å²) in [6.45, 7) is 0. The lowest BCUT2D eigenvalue weighted by atomic mass is 10.2. The van der Waals surface area contributed by atoms with Gasteiger partial charge in [0.2, 0.25) is 0 Å². The number of hydrogen-bond donors (Lipinski definition) is 2. The molecule has 0 atom stereocenters. The van der Waals surface area contributed by atoms with Gasteiger partial charge in [-0.05, 0) is 12.1 Å². The average Bonchev–Trinajstić information content (AvgIpc) is 2.03. The zero-order valence-electron chi connectivity index (χ0n) is 5.97. The Kier molecular flexibility index (Phi) is 2.35. The molecule has 0 fully saturated rings. The minimum absolute atomic E-state index is 0.667. The highest BCUT2D eigenvalue weighted by atomic mass is 19.1. The fraction of sp³-hybridized carbons (Fsp3) is 0.